The number of imidazole rings is 1. The van der Waals surface area contributed by atoms with Gasteiger partial charge in [0.15, 0.2) is 0 Å². The van der Waals surface area contributed by atoms with Crippen molar-refractivity contribution < 1.29 is 0 Å². The van der Waals surface area contributed by atoms with E-state index in [1.165, 1.54) is 11.5 Å². The minimum absolute atomic E-state index is 0.608. The van der Waals surface area contributed by atoms with Crippen molar-refractivity contribution >= 4 is 27.6 Å². The standard InChI is InChI=1S/C10H10N6S/c11-13-10-8(14-15-17-10)5-16-6-12-7-3-1-2-4-9(7)16/h1-4,6,13H,5,11H2. The predicted octanol–water partition coefficient (Wildman–Crippen LogP) is 1.22. The first-order valence-corrected chi connectivity index (χ1v) is 5.83. The van der Waals surface area contributed by atoms with Crippen molar-refractivity contribution in [2.24, 2.45) is 5.84 Å². The third kappa shape index (κ3) is 1.75. The van der Waals surface area contributed by atoms with Crippen LogP contribution < -0.4 is 11.3 Å². The lowest BCUT2D eigenvalue weighted by Crippen LogP contribution is -2.09. The Hall–Kier alpha value is -1.99. The lowest BCUT2D eigenvalue weighted by atomic mass is 10.3. The summed E-state index contributed by atoms with van der Waals surface area (Å²) < 4.78 is 5.89. The summed E-state index contributed by atoms with van der Waals surface area (Å²) in [6.45, 7) is 0.608. The number of fused-ring (bicyclic) bond motifs is 1. The highest BCUT2D eigenvalue weighted by atomic mass is 32.1. The van der Waals surface area contributed by atoms with Crippen molar-refractivity contribution in [1.82, 2.24) is 19.1 Å². The molecule has 0 bridgehead atoms. The Morgan fingerprint density at radius 1 is 1.35 bits per heavy atom. The Morgan fingerprint density at radius 2 is 2.24 bits per heavy atom. The predicted molar refractivity (Wildman–Crippen MR) is 66.6 cm³/mol. The van der Waals surface area contributed by atoms with Crippen molar-refractivity contribution in [3.8, 4) is 0 Å². The molecule has 2 aromatic heterocycles. The summed E-state index contributed by atoms with van der Waals surface area (Å²) in [4.78, 5) is 4.32. The van der Waals surface area contributed by atoms with Gasteiger partial charge in [-0.05, 0) is 12.1 Å². The molecule has 0 saturated heterocycles. The van der Waals surface area contributed by atoms with E-state index >= 15 is 0 Å². The summed E-state index contributed by atoms with van der Waals surface area (Å²) >= 11 is 1.25. The first-order valence-electron chi connectivity index (χ1n) is 5.06. The minimum Gasteiger partial charge on any atom is -0.324 e. The number of nitrogen functional groups attached to an aromatic ring is 1. The number of hydrogen-bond acceptors (Lipinski definition) is 6. The molecule has 0 unspecified atom stereocenters. The molecule has 3 N–H and O–H groups in total. The van der Waals surface area contributed by atoms with E-state index in [1.54, 1.807) is 6.33 Å². The van der Waals surface area contributed by atoms with Gasteiger partial charge < -0.3 is 9.99 Å². The second-order valence-electron chi connectivity index (χ2n) is 3.55. The summed E-state index contributed by atoms with van der Waals surface area (Å²) in [6.07, 6.45) is 1.80. The number of anilines is 1. The van der Waals surface area contributed by atoms with Gasteiger partial charge in [0.05, 0.1) is 23.9 Å². The monoisotopic (exact) mass is 246 g/mol. The van der Waals surface area contributed by atoms with Crippen LogP contribution in [0.1, 0.15) is 5.69 Å². The van der Waals surface area contributed by atoms with E-state index in [9.17, 15) is 0 Å². The van der Waals surface area contributed by atoms with E-state index in [0.29, 0.717) is 6.54 Å². The van der Waals surface area contributed by atoms with E-state index in [1.807, 2.05) is 28.8 Å². The Labute approximate surface area is 101 Å². The van der Waals surface area contributed by atoms with Crippen LogP contribution in [0, 0.1) is 0 Å². The average Bonchev–Trinajstić information content (AvgIpc) is 2.97. The van der Waals surface area contributed by atoms with Gasteiger partial charge in [-0.25, -0.2) is 10.8 Å². The molecule has 17 heavy (non-hydrogen) atoms. The normalized spacial score (nSPS) is 10.9. The summed E-state index contributed by atoms with van der Waals surface area (Å²) in [5, 5.41) is 4.83. The highest BCUT2D eigenvalue weighted by molar-refractivity contribution is 7.10. The molecule has 1 aromatic carbocycles. The van der Waals surface area contributed by atoms with Crippen LogP contribution in [-0.2, 0) is 6.54 Å². The maximum atomic E-state index is 5.39. The molecule has 0 amide bonds. The van der Waals surface area contributed by atoms with Crippen LogP contribution in [0.4, 0.5) is 5.00 Å². The van der Waals surface area contributed by atoms with Gasteiger partial charge in [-0.3, -0.25) is 0 Å². The number of nitrogens with zero attached hydrogens (tertiary/aromatic N) is 4. The number of hydrogen-bond donors (Lipinski definition) is 2. The molecule has 7 heteroatoms. The molecule has 0 saturated carbocycles. The van der Waals surface area contributed by atoms with E-state index in [-0.39, 0.29) is 0 Å². The molecule has 3 aromatic rings. The minimum atomic E-state index is 0.608. The summed E-state index contributed by atoms with van der Waals surface area (Å²) in [5.41, 5.74) is 5.46. The molecule has 0 aliphatic carbocycles. The first-order chi connectivity index (χ1) is 8.38. The highest BCUT2D eigenvalue weighted by Gasteiger charge is 2.09. The van der Waals surface area contributed by atoms with Gasteiger partial charge in [0.2, 0.25) is 0 Å². The van der Waals surface area contributed by atoms with Gasteiger partial charge >= 0.3 is 0 Å². The molecule has 0 atom stereocenters. The van der Waals surface area contributed by atoms with Crippen LogP contribution in [0.2, 0.25) is 0 Å². The van der Waals surface area contributed by atoms with Crippen molar-refractivity contribution in [3.63, 3.8) is 0 Å². The second-order valence-corrected chi connectivity index (χ2v) is 4.31. The SMILES string of the molecule is NNc1snnc1Cn1cnc2ccccc21. The summed E-state index contributed by atoms with van der Waals surface area (Å²) in [5.74, 6) is 5.39. The zero-order valence-electron chi connectivity index (χ0n) is 8.87. The number of aromatic nitrogens is 4. The molecule has 6 nitrogen and oxygen atoms in total. The van der Waals surface area contributed by atoms with Gasteiger partial charge in [-0.2, -0.15) is 0 Å². The fourth-order valence-electron chi connectivity index (χ4n) is 1.72. The Balaban J connectivity index is 2.00. The van der Waals surface area contributed by atoms with E-state index in [2.05, 4.69) is 20.0 Å². The third-order valence-corrected chi connectivity index (χ3v) is 3.23. The first kappa shape index (κ1) is 10.2. The van der Waals surface area contributed by atoms with Crippen LogP contribution in [0.15, 0.2) is 30.6 Å². The number of para-hydroxylation sites is 2. The fourth-order valence-corrected chi connectivity index (χ4v) is 2.20. The fraction of sp³-hybridized carbons (Fsp3) is 0.100. The molecule has 0 aliphatic rings. The number of nitrogens with one attached hydrogen (secondary N) is 1. The van der Waals surface area contributed by atoms with E-state index < -0.39 is 0 Å². The number of hydrazine groups is 1. The quantitative estimate of drug-likeness (QED) is 0.536. The van der Waals surface area contributed by atoms with E-state index in [0.717, 1.165) is 21.7 Å². The Kier molecular flexibility index (Phi) is 2.46. The lowest BCUT2D eigenvalue weighted by Gasteiger charge is -2.02. The van der Waals surface area contributed by atoms with E-state index in [4.69, 9.17) is 5.84 Å². The Morgan fingerprint density at radius 3 is 3.12 bits per heavy atom. The van der Waals surface area contributed by atoms with Crippen LogP contribution in [0.25, 0.3) is 11.0 Å². The van der Waals surface area contributed by atoms with Crippen molar-refractivity contribution in [1.29, 1.82) is 0 Å². The molecule has 3 rings (SSSR count). The van der Waals surface area contributed by atoms with Crippen LogP contribution >= 0.6 is 11.5 Å². The zero-order valence-corrected chi connectivity index (χ0v) is 9.68. The maximum Gasteiger partial charge on any atom is 0.149 e. The Bertz CT molecular complexity index is 643. The number of nitrogens with two attached hydrogens (primary N) is 1. The average molecular weight is 246 g/mol. The molecule has 0 spiro atoms. The van der Waals surface area contributed by atoms with Gasteiger partial charge in [-0.1, -0.05) is 16.6 Å². The van der Waals surface area contributed by atoms with Gasteiger partial charge in [0.1, 0.15) is 10.7 Å². The maximum absolute atomic E-state index is 5.39. The highest BCUT2D eigenvalue weighted by Crippen LogP contribution is 2.19. The molecule has 0 fully saturated rings. The molecule has 0 aliphatic heterocycles. The van der Waals surface area contributed by atoms with Crippen molar-refractivity contribution in [2.75, 3.05) is 5.43 Å². The molecule has 86 valence electrons. The smallest absolute Gasteiger partial charge is 0.149 e. The summed E-state index contributed by atoms with van der Waals surface area (Å²) in [7, 11) is 0. The number of rotatable bonds is 3. The van der Waals surface area contributed by atoms with Gasteiger partial charge in [-0.15, -0.1) is 5.10 Å². The molecular weight excluding hydrogens is 236 g/mol. The molecular formula is C10H10N6S. The molecule has 2 heterocycles. The van der Waals surface area contributed by atoms with Crippen molar-refractivity contribution in [3.05, 3.63) is 36.3 Å². The topological polar surface area (TPSA) is 81.6 Å². The largest absolute Gasteiger partial charge is 0.324 e. The second kappa shape index (κ2) is 4.11. The molecule has 0 radical (unpaired) electrons. The van der Waals surface area contributed by atoms with Crippen LogP contribution in [0.3, 0.4) is 0 Å². The van der Waals surface area contributed by atoms with Gasteiger partial charge in [0.25, 0.3) is 0 Å². The lowest BCUT2D eigenvalue weighted by molar-refractivity contribution is 0.791. The van der Waals surface area contributed by atoms with Gasteiger partial charge in [0, 0.05) is 11.5 Å². The summed E-state index contributed by atoms with van der Waals surface area (Å²) in [6, 6.07) is 7.96. The van der Waals surface area contributed by atoms with Crippen LogP contribution in [-0.4, -0.2) is 19.1 Å². The zero-order chi connectivity index (χ0) is 11.7. The number of benzene rings is 1. The van der Waals surface area contributed by atoms with Crippen LogP contribution in [0.5, 0.6) is 0 Å². The third-order valence-electron chi connectivity index (χ3n) is 2.53. The van der Waals surface area contributed by atoms with Crippen molar-refractivity contribution in [2.45, 2.75) is 6.54 Å².